The number of aromatic nitrogens is 1. The first kappa shape index (κ1) is 18.7. The van der Waals surface area contributed by atoms with Gasteiger partial charge in [0.1, 0.15) is 11.6 Å². The van der Waals surface area contributed by atoms with Gasteiger partial charge >= 0.3 is 0 Å². The summed E-state index contributed by atoms with van der Waals surface area (Å²) in [5, 5.41) is 1.29. The van der Waals surface area contributed by atoms with Gasteiger partial charge in [0.05, 0.1) is 12.5 Å². The fraction of sp³-hybridized carbons (Fsp3) is 0.348. The van der Waals surface area contributed by atoms with Crippen LogP contribution >= 0.6 is 0 Å². The number of nitrogens with one attached hydrogen (secondary N) is 1. The molecule has 0 bridgehead atoms. The molecule has 146 valence electrons. The fourth-order valence-corrected chi connectivity index (χ4v) is 4.36. The topological polar surface area (TPSA) is 45.3 Å². The molecule has 0 spiro atoms. The maximum atomic E-state index is 13.7. The smallest absolute Gasteiger partial charge is 0.256 e. The van der Waals surface area contributed by atoms with Gasteiger partial charge in [-0.05, 0) is 74.0 Å². The number of rotatable bonds is 4. The van der Waals surface area contributed by atoms with Gasteiger partial charge in [-0.25, -0.2) is 4.39 Å². The Kier molecular flexibility index (Phi) is 4.94. The van der Waals surface area contributed by atoms with Gasteiger partial charge in [-0.15, -0.1) is 0 Å². The Morgan fingerprint density at radius 1 is 1.18 bits per heavy atom. The van der Waals surface area contributed by atoms with Crippen LogP contribution in [0.1, 0.15) is 48.7 Å². The number of aryl methyl sites for hydroxylation is 1. The molecule has 0 saturated carbocycles. The summed E-state index contributed by atoms with van der Waals surface area (Å²) in [7, 11) is 3.79. The highest BCUT2D eigenvalue weighted by atomic mass is 19.1. The van der Waals surface area contributed by atoms with Crippen LogP contribution in [0, 0.1) is 5.82 Å². The Bertz CT molecular complexity index is 1060. The Labute approximate surface area is 164 Å². The van der Waals surface area contributed by atoms with E-state index in [9.17, 15) is 9.18 Å². The predicted molar refractivity (Wildman–Crippen MR) is 109 cm³/mol. The largest absolute Gasteiger partial charge is 0.497 e. The predicted octanol–water partition coefficient (Wildman–Crippen LogP) is 4.75. The number of ether oxygens (including phenoxy) is 1. The molecule has 1 heterocycles. The summed E-state index contributed by atoms with van der Waals surface area (Å²) < 4.78 is 19.0. The maximum Gasteiger partial charge on any atom is 0.256 e. The average Bonchev–Trinajstić information content (AvgIpc) is 2.72. The molecule has 1 aromatic heterocycles. The molecule has 1 aliphatic carbocycles. The monoisotopic (exact) mass is 380 g/mol. The van der Waals surface area contributed by atoms with Crippen molar-refractivity contribution in [2.24, 2.45) is 0 Å². The number of aromatic amines is 1. The number of nitrogens with zero attached hydrogens (tertiary/aromatic N) is 1. The van der Waals surface area contributed by atoms with Gasteiger partial charge in [-0.1, -0.05) is 18.2 Å². The minimum Gasteiger partial charge on any atom is -0.497 e. The van der Waals surface area contributed by atoms with E-state index < -0.39 is 0 Å². The molecule has 0 saturated heterocycles. The van der Waals surface area contributed by atoms with E-state index in [2.05, 4.69) is 36.0 Å². The summed E-state index contributed by atoms with van der Waals surface area (Å²) in [4.78, 5) is 17.8. The van der Waals surface area contributed by atoms with Crippen molar-refractivity contribution >= 4 is 10.8 Å². The van der Waals surface area contributed by atoms with E-state index in [1.54, 1.807) is 13.2 Å². The molecule has 5 heteroatoms. The van der Waals surface area contributed by atoms with Gasteiger partial charge in [0.15, 0.2) is 0 Å². The first-order valence-corrected chi connectivity index (χ1v) is 9.69. The first-order chi connectivity index (χ1) is 13.5. The fourth-order valence-electron chi connectivity index (χ4n) is 4.36. The van der Waals surface area contributed by atoms with Crippen LogP contribution in [0.3, 0.4) is 0 Å². The van der Waals surface area contributed by atoms with Crippen LogP contribution in [0.15, 0.2) is 47.3 Å². The Morgan fingerprint density at radius 2 is 1.93 bits per heavy atom. The average molecular weight is 380 g/mol. The van der Waals surface area contributed by atoms with Gasteiger partial charge in [0.2, 0.25) is 0 Å². The van der Waals surface area contributed by atoms with Crippen LogP contribution < -0.4 is 10.3 Å². The van der Waals surface area contributed by atoms with Crippen LogP contribution in [0.5, 0.6) is 5.75 Å². The third-order valence-corrected chi connectivity index (χ3v) is 6.04. The Hall–Kier alpha value is -2.66. The van der Waals surface area contributed by atoms with Crippen molar-refractivity contribution in [3.8, 4) is 5.75 Å². The third-order valence-electron chi connectivity index (χ3n) is 6.04. The first-order valence-electron chi connectivity index (χ1n) is 9.69. The summed E-state index contributed by atoms with van der Waals surface area (Å²) in [5.74, 6) is 0.456. The maximum absolute atomic E-state index is 13.7. The SMILES string of the molecule is COc1ccc([C@@H](C)N(C)C2CCCc3[nH]c(=O)c4cc(F)ccc4c32)cc1. The van der Waals surface area contributed by atoms with E-state index in [4.69, 9.17) is 4.74 Å². The van der Waals surface area contributed by atoms with Gasteiger partial charge in [-0.3, -0.25) is 9.69 Å². The molecule has 0 aliphatic heterocycles. The van der Waals surface area contributed by atoms with Crippen LogP contribution in [-0.4, -0.2) is 24.0 Å². The Morgan fingerprint density at radius 3 is 2.64 bits per heavy atom. The molecule has 0 radical (unpaired) electrons. The number of pyridine rings is 1. The highest BCUT2D eigenvalue weighted by molar-refractivity contribution is 5.86. The molecule has 1 unspecified atom stereocenters. The molecule has 28 heavy (non-hydrogen) atoms. The zero-order valence-corrected chi connectivity index (χ0v) is 16.5. The number of hydrogen-bond donors (Lipinski definition) is 1. The number of H-pyrrole nitrogens is 1. The molecule has 1 N–H and O–H groups in total. The lowest BCUT2D eigenvalue weighted by Crippen LogP contribution is -2.32. The molecular weight excluding hydrogens is 355 g/mol. The van der Waals surface area contributed by atoms with Crippen LogP contribution in [0.2, 0.25) is 0 Å². The van der Waals surface area contributed by atoms with Gasteiger partial charge in [0, 0.05) is 17.8 Å². The standard InChI is InChI=1S/C23H25FN2O2/c1-14(15-7-10-17(28-3)11-8-15)26(2)21-6-4-5-20-22(21)18-12-9-16(24)13-19(18)23(27)25-20/h7-14,21H,4-6H2,1-3H3,(H,25,27)/t14-,21?/m1/s1. The van der Waals surface area contributed by atoms with Gasteiger partial charge in [0.25, 0.3) is 5.56 Å². The quantitative estimate of drug-likeness (QED) is 0.711. The second kappa shape index (κ2) is 7.40. The second-order valence-corrected chi connectivity index (χ2v) is 7.56. The molecule has 4 nitrogen and oxygen atoms in total. The third kappa shape index (κ3) is 3.20. The van der Waals surface area contributed by atoms with Crippen molar-refractivity contribution in [2.75, 3.05) is 14.2 Å². The lowest BCUT2D eigenvalue weighted by Gasteiger charge is -2.37. The Balaban J connectivity index is 1.76. The van der Waals surface area contributed by atoms with E-state index in [1.807, 2.05) is 12.1 Å². The van der Waals surface area contributed by atoms with Crippen molar-refractivity contribution in [3.63, 3.8) is 0 Å². The lowest BCUT2D eigenvalue weighted by atomic mass is 9.86. The van der Waals surface area contributed by atoms with Crippen molar-refractivity contribution in [2.45, 2.75) is 38.3 Å². The summed E-state index contributed by atoms with van der Waals surface area (Å²) in [6, 6.07) is 13.0. The lowest BCUT2D eigenvalue weighted by molar-refractivity contribution is 0.168. The molecule has 0 fully saturated rings. The van der Waals surface area contributed by atoms with E-state index in [-0.39, 0.29) is 23.5 Å². The van der Waals surface area contributed by atoms with E-state index >= 15 is 0 Å². The molecule has 2 atom stereocenters. The second-order valence-electron chi connectivity index (χ2n) is 7.56. The van der Waals surface area contributed by atoms with Gasteiger partial charge in [-0.2, -0.15) is 0 Å². The molecule has 3 aromatic rings. The number of fused-ring (bicyclic) bond motifs is 3. The summed E-state index contributed by atoms with van der Waals surface area (Å²) in [6.07, 6.45) is 2.86. The van der Waals surface area contributed by atoms with Crippen LogP contribution in [0.25, 0.3) is 10.8 Å². The van der Waals surface area contributed by atoms with Crippen LogP contribution in [-0.2, 0) is 6.42 Å². The van der Waals surface area contributed by atoms with Crippen LogP contribution in [0.4, 0.5) is 4.39 Å². The summed E-state index contributed by atoms with van der Waals surface area (Å²) in [5.41, 5.74) is 3.10. The van der Waals surface area contributed by atoms with E-state index in [0.29, 0.717) is 5.39 Å². The zero-order valence-electron chi connectivity index (χ0n) is 16.5. The number of halogens is 1. The summed E-state index contributed by atoms with van der Waals surface area (Å²) in [6.45, 7) is 2.18. The van der Waals surface area contributed by atoms with Gasteiger partial charge < -0.3 is 9.72 Å². The minimum atomic E-state index is -0.384. The van der Waals surface area contributed by atoms with Crippen molar-refractivity contribution in [1.82, 2.24) is 9.88 Å². The zero-order chi connectivity index (χ0) is 19.8. The molecular formula is C23H25FN2O2. The normalized spacial score (nSPS) is 17.5. The molecule has 4 rings (SSSR count). The molecule has 2 aromatic carbocycles. The summed E-state index contributed by atoms with van der Waals surface area (Å²) >= 11 is 0. The van der Waals surface area contributed by atoms with E-state index in [1.165, 1.54) is 17.7 Å². The highest BCUT2D eigenvalue weighted by Gasteiger charge is 2.30. The number of hydrogen-bond acceptors (Lipinski definition) is 3. The number of benzene rings is 2. The van der Waals surface area contributed by atoms with Crippen molar-refractivity contribution in [3.05, 3.63) is 75.5 Å². The van der Waals surface area contributed by atoms with Crippen molar-refractivity contribution < 1.29 is 9.13 Å². The van der Waals surface area contributed by atoms with E-state index in [0.717, 1.165) is 41.7 Å². The minimum absolute atomic E-state index is 0.158. The molecule has 0 amide bonds. The highest BCUT2D eigenvalue weighted by Crippen LogP contribution is 2.40. The number of methoxy groups -OCH3 is 1. The van der Waals surface area contributed by atoms with Crippen molar-refractivity contribution in [1.29, 1.82) is 0 Å². The molecule has 1 aliphatic rings.